The lowest BCUT2D eigenvalue weighted by molar-refractivity contribution is -0.117. The highest BCUT2D eigenvalue weighted by atomic mass is 35.5. The average Bonchev–Trinajstić information content (AvgIpc) is 3.38. The molecule has 1 aliphatic carbocycles. The summed E-state index contributed by atoms with van der Waals surface area (Å²) in [4.78, 5) is 37.8. The minimum Gasteiger partial charge on any atom is -0.453 e. The molecule has 2 fully saturated rings. The minimum atomic E-state index is -0.754. The minimum absolute atomic E-state index is 0.140. The highest BCUT2D eigenvalue weighted by Gasteiger charge is 2.60. The van der Waals surface area contributed by atoms with Crippen molar-refractivity contribution in [2.45, 2.75) is 18.4 Å². The molecule has 3 atom stereocenters. The molecule has 14 heteroatoms. The first-order valence-corrected chi connectivity index (χ1v) is 14.0. The third-order valence-electron chi connectivity index (χ3n) is 7.92. The van der Waals surface area contributed by atoms with Crippen LogP contribution in [0.4, 0.5) is 10.5 Å². The lowest BCUT2D eigenvalue weighted by Gasteiger charge is -2.21. The highest BCUT2D eigenvalue weighted by Crippen LogP contribution is 2.56. The molecular formula is C29H28ClN9O4. The number of aromatic nitrogens is 6. The number of carbonyl (C=O) groups is 2. The van der Waals surface area contributed by atoms with Crippen molar-refractivity contribution in [3.05, 3.63) is 87.6 Å². The summed E-state index contributed by atoms with van der Waals surface area (Å²) in [6.45, 7) is 1.76. The molecule has 4 aromatic rings. The van der Waals surface area contributed by atoms with Gasteiger partial charge in [-0.2, -0.15) is 9.78 Å². The fourth-order valence-electron chi connectivity index (χ4n) is 5.70. The number of ether oxygens (including phenoxy) is 1. The summed E-state index contributed by atoms with van der Waals surface area (Å²) < 4.78 is 6.12. The third kappa shape index (κ3) is 5.90. The van der Waals surface area contributed by atoms with Crippen LogP contribution in [0.1, 0.15) is 24.1 Å². The molecule has 4 N–H and O–H groups in total. The Morgan fingerprint density at radius 1 is 1.19 bits per heavy atom. The lowest BCUT2D eigenvalue weighted by Crippen LogP contribution is -2.38. The van der Waals surface area contributed by atoms with Crippen molar-refractivity contribution in [1.82, 2.24) is 41.0 Å². The molecule has 1 saturated heterocycles. The molecule has 2 amide bonds. The van der Waals surface area contributed by atoms with Crippen LogP contribution in [-0.2, 0) is 15.1 Å². The van der Waals surface area contributed by atoms with Gasteiger partial charge in [-0.25, -0.2) is 9.89 Å². The third-order valence-corrected chi connectivity index (χ3v) is 8.15. The molecule has 1 saturated carbocycles. The number of amides is 2. The van der Waals surface area contributed by atoms with Gasteiger partial charge in [0.1, 0.15) is 6.33 Å². The van der Waals surface area contributed by atoms with Crippen molar-refractivity contribution in [3.8, 4) is 16.8 Å². The quantitative estimate of drug-likeness (QED) is 0.222. The van der Waals surface area contributed by atoms with E-state index in [0.29, 0.717) is 51.1 Å². The van der Waals surface area contributed by atoms with Crippen LogP contribution in [0.2, 0.25) is 5.02 Å². The summed E-state index contributed by atoms with van der Waals surface area (Å²) in [6, 6.07) is 13.8. The highest BCUT2D eigenvalue weighted by molar-refractivity contribution is 6.30. The average molecular weight is 602 g/mol. The van der Waals surface area contributed by atoms with E-state index in [2.05, 4.69) is 46.4 Å². The molecule has 1 aliphatic heterocycles. The van der Waals surface area contributed by atoms with Crippen LogP contribution >= 0.6 is 11.6 Å². The smallest absolute Gasteiger partial charge is 0.411 e. The van der Waals surface area contributed by atoms with Gasteiger partial charge < -0.3 is 15.4 Å². The molecule has 13 nitrogen and oxygen atoms in total. The Morgan fingerprint density at radius 3 is 2.74 bits per heavy atom. The van der Waals surface area contributed by atoms with E-state index in [1.54, 1.807) is 54.6 Å². The number of methoxy groups -OCH3 is 1. The number of nitrogens with one attached hydrogen (secondary N) is 4. The number of H-pyrrole nitrogens is 1. The first-order valence-electron chi connectivity index (χ1n) is 13.7. The molecule has 220 valence electrons. The summed E-state index contributed by atoms with van der Waals surface area (Å²) >= 11 is 6.23. The van der Waals surface area contributed by atoms with E-state index < -0.39 is 11.6 Å². The van der Waals surface area contributed by atoms with Gasteiger partial charge >= 0.3 is 6.09 Å². The normalized spacial score (nSPS) is 21.1. The molecule has 2 aromatic carbocycles. The van der Waals surface area contributed by atoms with Crippen molar-refractivity contribution in [2.24, 2.45) is 11.8 Å². The van der Waals surface area contributed by atoms with Crippen LogP contribution in [0.5, 0.6) is 0 Å². The maximum Gasteiger partial charge on any atom is 0.411 e. The number of nitrogens with zero attached hydrogens (tertiary/aromatic N) is 5. The second kappa shape index (κ2) is 11.8. The number of hydrogen-bond acceptors (Lipinski definition) is 9. The standard InChI is InChI=1S/C29H28ClN9O4/c1-43-28(42)33-21-6-2-17(3-7-21)22-13-25(35-36-27(22)41)29(14-23(29)19-10-11-31-15-19)34-26(40)9-4-18-12-20(30)5-8-24(18)39-16-32-37-38-39/h2-9,12-13,16,19,23,31H,10-11,14-15H2,1H3,(H,33,42)(H,34,40)(H,36,41)/b9-4+/t19?,23-,29?/m0/s1. The zero-order chi connectivity index (χ0) is 30.0. The fraction of sp³-hybridized carbons (Fsp3) is 0.276. The van der Waals surface area contributed by atoms with Crippen molar-refractivity contribution in [3.63, 3.8) is 0 Å². The lowest BCUT2D eigenvalue weighted by atomic mass is 9.95. The summed E-state index contributed by atoms with van der Waals surface area (Å²) in [7, 11) is 1.28. The molecule has 6 rings (SSSR count). The maximum atomic E-state index is 13.4. The summed E-state index contributed by atoms with van der Waals surface area (Å²) in [6.07, 6.45) is 5.65. The molecule has 0 spiro atoms. The summed E-state index contributed by atoms with van der Waals surface area (Å²) in [5.41, 5.74) is 2.34. The Bertz CT molecular complexity index is 1730. The molecule has 2 unspecified atom stereocenters. The fourth-order valence-corrected chi connectivity index (χ4v) is 5.88. The molecule has 2 aromatic heterocycles. The Labute approximate surface area is 250 Å². The van der Waals surface area contributed by atoms with Crippen LogP contribution in [0.15, 0.2) is 65.7 Å². The number of hydrogen-bond donors (Lipinski definition) is 4. The van der Waals surface area contributed by atoms with E-state index in [0.717, 1.165) is 19.5 Å². The van der Waals surface area contributed by atoms with Crippen LogP contribution in [0.25, 0.3) is 22.9 Å². The molecule has 3 heterocycles. The zero-order valence-corrected chi connectivity index (χ0v) is 23.8. The molecule has 43 heavy (non-hydrogen) atoms. The number of carbonyl (C=O) groups excluding carboxylic acids is 2. The Morgan fingerprint density at radius 2 is 2.02 bits per heavy atom. The summed E-state index contributed by atoms with van der Waals surface area (Å²) in [5, 5.41) is 28.0. The first-order chi connectivity index (χ1) is 20.9. The topological polar surface area (TPSA) is 169 Å². The van der Waals surface area contributed by atoms with E-state index in [1.165, 1.54) is 24.2 Å². The van der Waals surface area contributed by atoms with Gasteiger partial charge in [-0.05, 0) is 96.2 Å². The van der Waals surface area contributed by atoms with Gasteiger partial charge in [-0.15, -0.1) is 5.10 Å². The van der Waals surface area contributed by atoms with Gasteiger partial charge in [0.2, 0.25) is 5.91 Å². The van der Waals surface area contributed by atoms with E-state index in [4.69, 9.17) is 11.6 Å². The zero-order valence-electron chi connectivity index (χ0n) is 23.1. The van der Waals surface area contributed by atoms with E-state index in [1.807, 2.05) is 0 Å². The van der Waals surface area contributed by atoms with Crippen molar-refractivity contribution >= 4 is 35.4 Å². The first kappa shape index (κ1) is 28.2. The molecular weight excluding hydrogens is 574 g/mol. The van der Waals surface area contributed by atoms with Crippen LogP contribution in [0, 0.1) is 11.8 Å². The van der Waals surface area contributed by atoms with E-state index >= 15 is 0 Å². The largest absolute Gasteiger partial charge is 0.453 e. The van der Waals surface area contributed by atoms with E-state index in [9.17, 15) is 14.4 Å². The van der Waals surface area contributed by atoms with Gasteiger partial charge in [-0.1, -0.05) is 23.7 Å². The Hall–Kier alpha value is -4.88. The molecule has 0 radical (unpaired) electrons. The predicted molar refractivity (Wildman–Crippen MR) is 158 cm³/mol. The molecule has 2 aliphatic rings. The van der Waals surface area contributed by atoms with Gasteiger partial charge in [0.15, 0.2) is 0 Å². The number of rotatable bonds is 8. The van der Waals surface area contributed by atoms with Crippen molar-refractivity contribution < 1.29 is 14.3 Å². The Balaban J connectivity index is 1.29. The predicted octanol–water partition coefficient (Wildman–Crippen LogP) is 2.90. The number of anilines is 1. The van der Waals surface area contributed by atoms with Gasteiger partial charge in [0.25, 0.3) is 5.56 Å². The number of halogens is 1. The SMILES string of the molecule is COC(=O)Nc1ccc(-c2cc(C3(NC(=O)/C=C/c4cc(Cl)ccc4-n4cnnn4)C[C@H]3C3CCNC3)n[nH]c2=O)cc1. The maximum absolute atomic E-state index is 13.4. The monoisotopic (exact) mass is 601 g/mol. The van der Waals surface area contributed by atoms with Crippen molar-refractivity contribution in [1.29, 1.82) is 0 Å². The van der Waals surface area contributed by atoms with Gasteiger partial charge in [0, 0.05) is 22.3 Å². The van der Waals surface area contributed by atoms with Crippen LogP contribution in [-0.4, -0.2) is 62.6 Å². The van der Waals surface area contributed by atoms with E-state index in [-0.39, 0.29) is 17.4 Å². The summed E-state index contributed by atoms with van der Waals surface area (Å²) in [5.74, 6) is 0.175. The molecule has 0 bridgehead atoms. The second-order valence-electron chi connectivity index (χ2n) is 10.5. The van der Waals surface area contributed by atoms with Crippen LogP contribution < -0.4 is 21.5 Å². The van der Waals surface area contributed by atoms with Crippen molar-refractivity contribution in [2.75, 3.05) is 25.5 Å². The van der Waals surface area contributed by atoms with Crippen LogP contribution in [0.3, 0.4) is 0 Å². The number of tetrazole rings is 1. The number of benzene rings is 2. The van der Waals surface area contributed by atoms with Gasteiger partial charge in [-0.3, -0.25) is 14.9 Å². The Kier molecular flexibility index (Phi) is 7.74. The number of aromatic amines is 1. The second-order valence-corrected chi connectivity index (χ2v) is 10.9. The van der Waals surface area contributed by atoms with Gasteiger partial charge in [0.05, 0.1) is 29.6 Å².